The van der Waals surface area contributed by atoms with Crippen molar-refractivity contribution in [3.63, 3.8) is 0 Å². The predicted molar refractivity (Wildman–Crippen MR) is 118 cm³/mol. The van der Waals surface area contributed by atoms with E-state index in [9.17, 15) is 29.1 Å². The van der Waals surface area contributed by atoms with Crippen molar-refractivity contribution in [2.24, 2.45) is 11.8 Å². The number of carbonyl (C=O) groups is 5. The number of ether oxygens (including phenoxy) is 1. The molecule has 174 valence electrons. The number of nitrogens with zero attached hydrogens (tertiary/aromatic N) is 2. The zero-order chi connectivity index (χ0) is 24.6. The van der Waals surface area contributed by atoms with Crippen LogP contribution in [-0.2, 0) is 14.3 Å². The summed E-state index contributed by atoms with van der Waals surface area (Å²) >= 11 is 0. The lowest BCUT2D eigenvalue weighted by Gasteiger charge is -2.52. The van der Waals surface area contributed by atoms with Crippen LogP contribution in [0.2, 0.25) is 0 Å². The van der Waals surface area contributed by atoms with Crippen molar-refractivity contribution in [2.45, 2.75) is 19.3 Å². The maximum Gasteiger partial charge on any atom is 0.356 e. The fraction of sp³-hybridized carbons (Fsp3) is 0.240. The van der Waals surface area contributed by atoms with Gasteiger partial charge < -0.3 is 9.84 Å². The molecule has 4 rings (SSSR count). The molecule has 2 heterocycles. The Morgan fingerprint density at radius 2 is 1.59 bits per heavy atom. The van der Waals surface area contributed by atoms with Crippen LogP contribution in [0.3, 0.4) is 0 Å². The Balaban J connectivity index is 1.70. The number of aliphatic hydroxyl groups excluding tert-OH is 1. The Bertz CT molecular complexity index is 1160. The molecular weight excluding hydrogens is 440 g/mol. The molecule has 0 saturated carbocycles. The lowest BCUT2D eigenvalue weighted by molar-refractivity contribution is -0.201. The van der Waals surface area contributed by atoms with Gasteiger partial charge in [-0.3, -0.25) is 29.0 Å². The van der Waals surface area contributed by atoms with Gasteiger partial charge in [0.2, 0.25) is 12.1 Å². The van der Waals surface area contributed by atoms with Crippen LogP contribution in [0.25, 0.3) is 0 Å². The number of rotatable bonds is 8. The van der Waals surface area contributed by atoms with E-state index in [0.29, 0.717) is 10.5 Å². The largest absolute Gasteiger partial charge is 0.458 e. The van der Waals surface area contributed by atoms with Gasteiger partial charge in [-0.2, -0.15) is 0 Å². The van der Waals surface area contributed by atoms with Gasteiger partial charge in [-0.1, -0.05) is 62.0 Å². The van der Waals surface area contributed by atoms with E-state index in [2.05, 4.69) is 6.58 Å². The van der Waals surface area contributed by atoms with E-state index in [-0.39, 0.29) is 23.5 Å². The normalized spacial score (nSPS) is 20.9. The minimum atomic E-state index is -2.07. The van der Waals surface area contributed by atoms with Gasteiger partial charge in [0.1, 0.15) is 12.8 Å². The number of benzene rings is 2. The molecule has 1 N–H and O–H groups in total. The Labute approximate surface area is 195 Å². The van der Waals surface area contributed by atoms with Gasteiger partial charge in [-0.05, 0) is 12.1 Å². The van der Waals surface area contributed by atoms with Crippen molar-refractivity contribution in [3.05, 3.63) is 83.9 Å². The smallest absolute Gasteiger partial charge is 0.356 e. The molecule has 2 aromatic rings. The van der Waals surface area contributed by atoms with Crippen molar-refractivity contribution < 1.29 is 33.8 Å². The Hall–Kier alpha value is -4.11. The number of hydrogen-bond donors (Lipinski definition) is 1. The summed E-state index contributed by atoms with van der Waals surface area (Å²) in [5.41, 5.74) is 0.626. The molecule has 9 heteroatoms. The van der Waals surface area contributed by atoms with Gasteiger partial charge in [0.05, 0.1) is 17.0 Å². The molecule has 4 atom stereocenters. The van der Waals surface area contributed by atoms with Crippen LogP contribution < -0.4 is 0 Å². The van der Waals surface area contributed by atoms with Crippen LogP contribution in [0.4, 0.5) is 0 Å². The van der Waals surface area contributed by atoms with E-state index in [1.165, 1.54) is 25.1 Å². The monoisotopic (exact) mass is 462 g/mol. The molecule has 0 aliphatic carbocycles. The topological polar surface area (TPSA) is 121 Å². The molecular formula is C25H22N2O7. The van der Waals surface area contributed by atoms with Crippen molar-refractivity contribution in [1.82, 2.24) is 9.80 Å². The summed E-state index contributed by atoms with van der Waals surface area (Å²) in [7, 11) is 0. The number of carbonyl (C=O) groups excluding carboxylic acids is 5. The number of aliphatic hydroxyl groups is 1. The third-order valence-electron chi connectivity index (χ3n) is 6.06. The maximum atomic E-state index is 13.1. The lowest BCUT2D eigenvalue weighted by atomic mass is 9.77. The fourth-order valence-corrected chi connectivity index (χ4v) is 4.35. The Morgan fingerprint density at radius 1 is 1.03 bits per heavy atom. The maximum absolute atomic E-state index is 13.1. The predicted octanol–water partition coefficient (Wildman–Crippen LogP) is 1.63. The molecule has 1 fully saturated rings. The molecule has 2 aliphatic rings. The summed E-state index contributed by atoms with van der Waals surface area (Å²) in [5.74, 6) is -5.73. The molecule has 2 aliphatic heterocycles. The zero-order valence-electron chi connectivity index (χ0n) is 18.3. The summed E-state index contributed by atoms with van der Waals surface area (Å²) in [6, 6.07) is 14.4. The first-order valence-electron chi connectivity index (χ1n) is 10.6. The first-order chi connectivity index (χ1) is 16.3. The highest BCUT2D eigenvalue weighted by atomic mass is 16.5. The number of β-lactam (4-membered cyclic amide) rings is 1. The van der Waals surface area contributed by atoms with E-state index in [1.54, 1.807) is 42.5 Å². The minimum absolute atomic E-state index is 0.135. The van der Waals surface area contributed by atoms with Gasteiger partial charge in [0, 0.05) is 11.5 Å². The first-order valence-corrected chi connectivity index (χ1v) is 10.6. The first kappa shape index (κ1) is 23.1. The zero-order valence-corrected chi connectivity index (χ0v) is 18.3. The average molecular weight is 462 g/mol. The van der Waals surface area contributed by atoms with Crippen molar-refractivity contribution in [2.75, 3.05) is 6.61 Å². The summed E-state index contributed by atoms with van der Waals surface area (Å²) in [5, 5.41) is 10.6. The molecule has 0 radical (unpaired) electrons. The SMILES string of the molecule is C=CCOC(=O)C(O)N1C(=O)[C@@H]([C@H](C)C(=O)c2ccccc2)[C@H]1N1C(=O)c2ccccc2C1=O. The molecule has 0 spiro atoms. The van der Waals surface area contributed by atoms with Crippen LogP contribution in [0.5, 0.6) is 0 Å². The van der Waals surface area contributed by atoms with E-state index >= 15 is 0 Å². The van der Waals surface area contributed by atoms with E-state index in [1.807, 2.05) is 0 Å². The number of amides is 3. The summed E-state index contributed by atoms with van der Waals surface area (Å²) in [6.45, 7) is 4.73. The number of fused-ring (bicyclic) bond motifs is 1. The van der Waals surface area contributed by atoms with Crippen LogP contribution in [0, 0.1) is 11.8 Å². The Morgan fingerprint density at radius 3 is 2.15 bits per heavy atom. The van der Waals surface area contributed by atoms with E-state index in [0.717, 1.165) is 4.90 Å². The number of ketones is 1. The lowest BCUT2D eigenvalue weighted by Crippen LogP contribution is -2.74. The highest BCUT2D eigenvalue weighted by Gasteiger charge is 2.61. The molecule has 1 unspecified atom stereocenters. The third-order valence-corrected chi connectivity index (χ3v) is 6.06. The summed E-state index contributed by atoms with van der Waals surface area (Å²) < 4.78 is 4.84. The number of Topliss-reactive ketones (excluding diaryl/α,β-unsaturated/α-hetero) is 1. The molecule has 9 nitrogen and oxygen atoms in total. The second-order valence-corrected chi connectivity index (χ2v) is 8.02. The van der Waals surface area contributed by atoms with Gasteiger partial charge >= 0.3 is 5.97 Å². The summed E-state index contributed by atoms with van der Waals surface area (Å²) in [6.07, 6.45) is -2.14. The van der Waals surface area contributed by atoms with Gasteiger partial charge in [-0.15, -0.1) is 0 Å². The van der Waals surface area contributed by atoms with Crippen molar-refractivity contribution in [1.29, 1.82) is 0 Å². The van der Waals surface area contributed by atoms with Crippen molar-refractivity contribution in [3.8, 4) is 0 Å². The molecule has 0 aromatic heterocycles. The highest BCUT2D eigenvalue weighted by molar-refractivity contribution is 6.22. The number of hydrogen-bond acceptors (Lipinski definition) is 7. The average Bonchev–Trinajstić information content (AvgIpc) is 3.10. The summed E-state index contributed by atoms with van der Waals surface area (Å²) in [4.78, 5) is 66.3. The highest BCUT2D eigenvalue weighted by Crippen LogP contribution is 2.41. The number of imide groups is 1. The number of likely N-dealkylation sites (tertiary alicyclic amines) is 1. The van der Waals surface area contributed by atoms with Crippen LogP contribution in [0.15, 0.2) is 67.3 Å². The van der Waals surface area contributed by atoms with Gasteiger partial charge in [-0.25, -0.2) is 4.79 Å². The fourth-order valence-electron chi connectivity index (χ4n) is 4.35. The quantitative estimate of drug-likeness (QED) is 0.208. The van der Waals surface area contributed by atoms with Crippen LogP contribution in [0.1, 0.15) is 38.0 Å². The molecule has 34 heavy (non-hydrogen) atoms. The Kier molecular flexibility index (Phi) is 6.12. The van der Waals surface area contributed by atoms with Crippen LogP contribution in [-0.4, -0.2) is 63.4 Å². The second-order valence-electron chi connectivity index (χ2n) is 8.02. The van der Waals surface area contributed by atoms with E-state index in [4.69, 9.17) is 4.74 Å². The third kappa shape index (κ3) is 3.60. The number of esters is 1. The van der Waals surface area contributed by atoms with Gasteiger partial charge in [0.15, 0.2) is 5.78 Å². The molecule has 2 aromatic carbocycles. The minimum Gasteiger partial charge on any atom is -0.458 e. The standard InChI is InChI=1S/C25H22N2O7/c1-3-13-34-25(33)24(32)27-20(26-21(29)16-11-7-8-12-17(16)22(26)30)18(23(27)31)14(2)19(28)15-9-5-4-6-10-15/h3-12,14,18,20,24,32H,1,13H2,2H3/t14-,18-,20-,24?/m0/s1. The molecule has 0 bridgehead atoms. The second kappa shape index (κ2) is 9.03. The van der Waals surface area contributed by atoms with Crippen molar-refractivity contribution >= 4 is 29.5 Å². The molecule has 3 amide bonds. The van der Waals surface area contributed by atoms with Crippen LogP contribution >= 0.6 is 0 Å². The van der Waals surface area contributed by atoms with E-state index < -0.39 is 47.9 Å². The molecule has 1 saturated heterocycles. The van der Waals surface area contributed by atoms with Gasteiger partial charge in [0.25, 0.3) is 11.8 Å².